The van der Waals surface area contributed by atoms with Gasteiger partial charge in [-0.15, -0.1) is 0 Å². The molecule has 4 heteroatoms. The fourth-order valence-electron chi connectivity index (χ4n) is 1.45. The number of nitrogens with two attached hydrogens (primary N) is 1. The van der Waals surface area contributed by atoms with Crippen molar-refractivity contribution in [3.63, 3.8) is 0 Å². The van der Waals surface area contributed by atoms with Gasteiger partial charge in [0.05, 0.1) is 29.7 Å². The van der Waals surface area contributed by atoms with Crippen molar-refractivity contribution in [2.24, 2.45) is 0 Å². The van der Waals surface area contributed by atoms with E-state index in [2.05, 4.69) is 12.0 Å². The molecule has 0 spiro atoms. The van der Waals surface area contributed by atoms with Crippen LogP contribution in [0.1, 0.15) is 24.7 Å². The van der Waals surface area contributed by atoms with Gasteiger partial charge in [-0.2, -0.15) is 5.10 Å². The van der Waals surface area contributed by atoms with Crippen molar-refractivity contribution in [2.45, 2.75) is 39.8 Å². The molecule has 80 valence electrons. The number of aryl methyl sites for hydroxylation is 1. The summed E-state index contributed by atoms with van der Waals surface area (Å²) < 4.78 is 7.22. The first kappa shape index (κ1) is 11.0. The van der Waals surface area contributed by atoms with E-state index >= 15 is 0 Å². The topological polar surface area (TPSA) is 53.1 Å². The molecule has 0 saturated heterocycles. The standard InChI is InChI=1S/C10H19N3O/c1-5-9(14-4)6-13-8(3)10(11)7(2)12-13/h9H,5-6,11H2,1-4H3. The third-order valence-corrected chi connectivity index (χ3v) is 2.60. The molecule has 1 aromatic rings. The number of methoxy groups -OCH3 is 1. The van der Waals surface area contributed by atoms with Crippen LogP contribution in [0.3, 0.4) is 0 Å². The Labute approximate surface area is 85.0 Å². The molecule has 0 amide bonds. The van der Waals surface area contributed by atoms with Gasteiger partial charge in [0, 0.05) is 7.11 Å². The minimum Gasteiger partial charge on any atom is -0.396 e. The van der Waals surface area contributed by atoms with Crippen LogP contribution in [0, 0.1) is 13.8 Å². The van der Waals surface area contributed by atoms with E-state index in [0.29, 0.717) is 0 Å². The highest BCUT2D eigenvalue weighted by molar-refractivity contribution is 5.46. The molecule has 2 N–H and O–H groups in total. The minimum absolute atomic E-state index is 0.215. The summed E-state index contributed by atoms with van der Waals surface area (Å²) in [5.41, 5.74) is 8.55. The Hall–Kier alpha value is -1.03. The maximum Gasteiger partial charge on any atom is 0.0825 e. The van der Waals surface area contributed by atoms with Crippen molar-refractivity contribution in [2.75, 3.05) is 12.8 Å². The molecule has 4 nitrogen and oxygen atoms in total. The van der Waals surface area contributed by atoms with E-state index in [1.165, 1.54) is 0 Å². The van der Waals surface area contributed by atoms with Crippen LogP contribution in [-0.2, 0) is 11.3 Å². The van der Waals surface area contributed by atoms with Gasteiger partial charge in [0.1, 0.15) is 0 Å². The molecule has 0 aliphatic heterocycles. The number of rotatable bonds is 4. The summed E-state index contributed by atoms with van der Waals surface area (Å²) in [5, 5.41) is 4.36. The second kappa shape index (κ2) is 4.46. The normalized spacial score (nSPS) is 13.1. The highest BCUT2D eigenvalue weighted by Crippen LogP contribution is 2.15. The van der Waals surface area contributed by atoms with Crippen LogP contribution < -0.4 is 5.73 Å². The predicted octanol–water partition coefficient (Wildman–Crippen LogP) is 1.51. The lowest BCUT2D eigenvalue weighted by Crippen LogP contribution is -2.19. The molecular weight excluding hydrogens is 178 g/mol. The predicted molar refractivity (Wildman–Crippen MR) is 57.2 cm³/mol. The second-order valence-electron chi connectivity index (χ2n) is 3.53. The lowest BCUT2D eigenvalue weighted by Gasteiger charge is -2.13. The fraction of sp³-hybridized carbons (Fsp3) is 0.700. The quantitative estimate of drug-likeness (QED) is 0.796. The van der Waals surface area contributed by atoms with E-state index in [-0.39, 0.29) is 6.10 Å². The molecule has 1 heterocycles. The Morgan fingerprint density at radius 3 is 2.50 bits per heavy atom. The third-order valence-electron chi connectivity index (χ3n) is 2.60. The van der Waals surface area contributed by atoms with Crippen molar-refractivity contribution in [1.29, 1.82) is 0 Å². The summed E-state index contributed by atoms with van der Waals surface area (Å²) in [7, 11) is 1.73. The second-order valence-corrected chi connectivity index (χ2v) is 3.53. The zero-order chi connectivity index (χ0) is 10.7. The van der Waals surface area contributed by atoms with Crippen molar-refractivity contribution >= 4 is 5.69 Å². The molecule has 1 unspecified atom stereocenters. The molecule has 1 rings (SSSR count). The molecule has 1 aromatic heterocycles. The van der Waals surface area contributed by atoms with E-state index in [1.807, 2.05) is 18.5 Å². The minimum atomic E-state index is 0.215. The first-order valence-electron chi connectivity index (χ1n) is 4.92. The molecular formula is C10H19N3O. The van der Waals surface area contributed by atoms with Crippen LogP contribution in [0.25, 0.3) is 0 Å². The first-order chi connectivity index (χ1) is 6.60. The lowest BCUT2D eigenvalue weighted by atomic mass is 10.2. The molecule has 0 saturated carbocycles. The summed E-state index contributed by atoms with van der Waals surface area (Å²) in [6.07, 6.45) is 1.20. The monoisotopic (exact) mass is 197 g/mol. The van der Waals surface area contributed by atoms with Gasteiger partial charge in [-0.05, 0) is 20.3 Å². The van der Waals surface area contributed by atoms with Gasteiger partial charge < -0.3 is 10.5 Å². The van der Waals surface area contributed by atoms with Crippen LogP contribution in [0.15, 0.2) is 0 Å². The number of anilines is 1. The van der Waals surface area contributed by atoms with E-state index in [0.717, 1.165) is 30.0 Å². The number of nitrogen functional groups attached to an aromatic ring is 1. The summed E-state index contributed by atoms with van der Waals surface area (Å²) in [6.45, 7) is 6.78. The molecule has 0 aliphatic rings. The first-order valence-corrected chi connectivity index (χ1v) is 4.92. The van der Waals surface area contributed by atoms with Gasteiger partial charge in [-0.1, -0.05) is 6.92 Å². The zero-order valence-electron chi connectivity index (χ0n) is 9.37. The molecule has 1 atom stereocenters. The van der Waals surface area contributed by atoms with Gasteiger partial charge in [0.2, 0.25) is 0 Å². The van der Waals surface area contributed by atoms with E-state index in [1.54, 1.807) is 7.11 Å². The summed E-state index contributed by atoms with van der Waals surface area (Å²) in [6, 6.07) is 0. The van der Waals surface area contributed by atoms with Gasteiger partial charge in [-0.25, -0.2) is 0 Å². The van der Waals surface area contributed by atoms with Gasteiger partial charge in [0.25, 0.3) is 0 Å². The Kier molecular flexibility index (Phi) is 3.52. The number of hydrogen-bond acceptors (Lipinski definition) is 3. The van der Waals surface area contributed by atoms with Crippen molar-refractivity contribution in [1.82, 2.24) is 9.78 Å². The molecule has 0 radical (unpaired) electrons. The number of ether oxygens (including phenoxy) is 1. The summed E-state index contributed by atoms with van der Waals surface area (Å²) in [4.78, 5) is 0. The van der Waals surface area contributed by atoms with Crippen LogP contribution >= 0.6 is 0 Å². The average Bonchev–Trinajstić information content (AvgIpc) is 2.42. The number of hydrogen-bond donors (Lipinski definition) is 1. The third kappa shape index (κ3) is 2.07. The van der Waals surface area contributed by atoms with Crippen LogP contribution in [0.2, 0.25) is 0 Å². The summed E-state index contributed by atoms with van der Waals surface area (Å²) in [5.74, 6) is 0. The Bertz CT molecular complexity index is 303. The number of nitrogens with zero attached hydrogens (tertiary/aromatic N) is 2. The van der Waals surface area contributed by atoms with Crippen LogP contribution in [-0.4, -0.2) is 23.0 Å². The Morgan fingerprint density at radius 2 is 2.14 bits per heavy atom. The Balaban J connectivity index is 2.81. The lowest BCUT2D eigenvalue weighted by molar-refractivity contribution is 0.0809. The number of aromatic nitrogens is 2. The van der Waals surface area contributed by atoms with E-state index in [4.69, 9.17) is 10.5 Å². The Morgan fingerprint density at radius 1 is 1.50 bits per heavy atom. The molecule has 0 aromatic carbocycles. The van der Waals surface area contributed by atoms with Crippen LogP contribution in [0.5, 0.6) is 0 Å². The molecule has 0 fully saturated rings. The SMILES string of the molecule is CCC(Cn1nc(C)c(N)c1C)OC. The van der Waals surface area contributed by atoms with Crippen molar-refractivity contribution < 1.29 is 4.74 Å². The molecule has 0 bridgehead atoms. The maximum atomic E-state index is 5.84. The average molecular weight is 197 g/mol. The fourth-order valence-corrected chi connectivity index (χ4v) is 1.45. The maximum absolute atomic E-state index is 5.84. The van der Waals surface area contributed by atoms with E-state index < -0.39 is 0 Å². The van der Waals surface area contributed by atoms with E-state index in [9.17, 15) is 0 Å². The van der Waals surface area contributed by atoms with Gasteiger partial charge >= 0.3 is 0 Å². The molecule has 14 heavy (non-hydrogen) atoms. The largest absolute Gasteiger partial charge is 0.396 e. The summed E-state index contributed by atoms with van der Waals surface area (Å²) >= 11 is 0. The molecule has 0 aliphatic carbocycles. The van der Waals surface area contributed by atoms with Crippen molar-refractivity contribution in [3.8, 4) is 0 Å². The van der Waals surface area contributed by atoms with Gasteiger partial charge in [-0.3, -0.25) is 4.68 Å². The highest BCUT2D eigenvalue weighted by atomic mass is 16.5. The zero-order valence-corrected chi connectivity index (χ0v) is 9.37. The van der Waals surface area contributed by atoms with Crippen molar-refractivity contribution in [3.05, 3.63) is 11.4 Å². The highest BCUT2D eigenvalue weighted by Gasteiger charge is 2.11. The van der Waals surface area contributed by atoms with Gasteiger partial charge in [0.15, 0.2) is 0 Å². The van der Waals surface area contributed by atoms with Crippen LogP contribution in [0.4, 0.5) is 5.69 Å². The smallest absolute Gasteiger partial charge is 0.0825 e.